The van der Waals surface area contributed by atoms with E-state index in [1.165, 1.54) is 0 Å². The van der Waals surface area contributed by atoms with Gasteiger partial charge in [-0.05, 0) is 38.1 Å². The fourth-order valence-corrected chi connectivity index (χ4v) is 1.61. The fourth-order valence-electron chi connectivity index (χ4n) is 1.35. The molecule has 0 aromatic heterocycles. The largest absolute Gasteiger partial charge is 0.463 e. The van der Waals surface area contributed by atoms with Gasteiger partial charge in [0.15, 0.2) is 0 Å². The summed E-state index contributed by atoms with van der Waals surface area (Å²) in [6, 6.07) is 7.16. The molecule has 0 aliphatic carbocycles. The van der Waals surface area contributed by atoms with Crippen molar-refractivity contribution in [1.82, 2.24) is 0 Å². The van der Waals surface area contributed by atoms with Crippen LogP contribution in [0.1, 0.15) is 13.8 Å². The molecule has 0 fully saturated rings. The Morgan fingerprint density at radius 1 is 1.15 bits per heavy atom. The van der Waals surface area contributed by atoms with Gasteiger partial charge in [0.05, 0.1) is 19.3 Å². The average Bonchev–Trinajstić information content (AvgIpc) is 2.41. The van der Waals surface area contributed by atoms with Crippen molar-refractivity contribution in [3.8, 4) is 0 Å². The monoisotopic (exact) mass is 341 g/mol. The molecule has 1 aromatic carbocycles. The number of benzene rings is 1. The molecule has 0 atom stereocenters. The third kappa shape index (κ3) is 5.44. The van der Waals surface area contributed by atoms with E-state index >= 15 is 0 Å². The Labute approximate surface area is 126 Å². The second-order valence-electron chi connectivity index (χ2n) is 3.66. The zero-order valence-corrected chi connectivity index (χ0v) is 12.9. The maximum atomic E-state index is 11.8. The molecular weight excluding hydrogens is 326 g/mol. The fraction of sp³-hybridized carbons (Fsp3) is 0.286. The van der Waals surface area contributed by atoms with E-state index in [0.29, 0.717) is 5.69 Å². The first-order valence-corrected chi connectivity index (χ1v) is 6.94. The number of carbonyl (C=O) groups excluding carboxylic acids is 2. The van der Waals surface area contributed by atoms with E-state index in [2.05, 4.69) is 21.2 Å². The Hall–Kier alpha value is -1.82. The van der Waals surface area contributed by atoms with E-state index in [1.807, 2.05) is 12.1 Å². The molecule has 108 valence electrons. The van der Waals surface area contributed by atoms with Crippen LogP contribution in [0.2, 0.25) is 0 Å². The van der Waals surface area contributed by atoms with Crippen molar-refractivity contribution in [1.29, 1.82) is 0 Å². The first-order chi connectivity index (χ1) is 9.56. The summed E-state index contributed by atoms with van der Waals surface area (Å²) in [4.78, 5) is 23.2. The number of halogens is 1. The van der Waals surface area contributed by atoms with Crippen LogP contribution in [0.25, 0.3) is 0 Å². The smallest absolute Gasteiger partial charge is 0.355 e. The normalized spacial score (nSPS) is 10.8. The van der Waals surface area contributed by atoms with Gasteiger partial charge in [-0.25, -0.2) is 9.59 Å². The zero-order chi connectivity index (χ0) is 15.0. The number of esters is 2. The van der Waals surface area contributed by atoms with Gasteiger partial charge in [0.1, 0.15) is 5.70 Å². The molecule has 0 bridgehead atoms. The van der Waals surface area contributed by atoms with Crippen LogP contribution in [-0.4, -0.2) is 25.2 Å². The van der Waals surface area contributed by atoms with Gasteiger partial charge in [0, 0.05) is 10.2 Å². The highest BCUT2D eigenvalue weighted by Gasteiger charge is 2.13. The number of nitrogens with one attached hydrogen (secondary N) is 1. The minimum absolute atomic E-state index is 0.0348. The van der Waals surface area contributed by atoms with Crippen LogP contribution in [-0.2, 0) is 19.1 Å². The van der Waals surface area contributed by atoms with E-state index in [4.69, 9.17) is 9.47 Å². The Morgan fingerprint density at radius 2 is 1.75 bits per heavy atom. The van der Waals surface area contributed by atoms with Gasteiger partial charge >= 0.3 is 11.9 Å². The molecule has 1 N–H and O–H groups in total. The standard InChI is InChI=1S/C14H16BrNO4/c1-3-19-13(17)9-12(14(18)20-4-2)16-11-7-5-10(15)6-8-11/h5-9,16H,3-4H2,1-2H3/b12-9+. The van der Waals surface area contributed by atoms with Crippen molar-refractivity contribution in [3.63, 3.8) is 0 Å². The van der Waals surface area contributed by atoms with Crippen LogP contribution >= 0.6 is 15.9 Å². The first kappa shape index (κ1) is 16.2. The minimum Gasteiger partial charge on any atom is -0.463 e. The van der Waals surface area contributed by atoms with E-state index in [-0.39, 0.29) is 18.9 Å². The number of hydrogen-bond donors (Lipinski definition) is 1. The molecule has 0 saturated heterocycles. The summed E-state index contributed by atoms with van der Waals surface area (Å²) in [6.07, 6.45) is 1.09. The molecule has 0 unspecified atom stereocenters. The number of ether oxygens (including phenoxy) is 2. The van der Waals surface area contributed by atoms with Gasteiger partial charge < -0.3 is 14.8 Å². The van der Waals surface area contributed by atoms with Crippen LogP contribution in [0.15, 0.2) is 40.5 Å². The summed E-state index contributed by atoms with van der Waals surface area (Å²) < 4.78 is 10.6. The highest BCUT2D eigenvalue weighted by Crippen LogP contribution is 2.16. The summed E-state index contributed by atoms with van der Waals surface area (Å²) >= 11 is 3.32. The maximum Gasteiger partial charge on any atom is 0.355 e. The van der Waals surface area contributed by atoms with Crippen LogP contribution in [0.3, 0.4) is 0 Å². The number of hydrogen-bond acceptors (Lipinski definition) is 5. The Bertz CT molecular complexity index is 496. The van der Waals surface area contributed by atoms with Crippen LogP contribution in [0.5, 0.6) is 0 Å². The van der Waals surface area contributed by atoms with Gasteiger partial charge in [-0.1, -0.05) is 15.9 Å². The third-order valence-electron chi connectivity index (χ3n) is 2.17. The molecule has 0 radical (unpaired) electrons. The van der Waals surface area contributed by atoms with Crippen molar-refractivity contribution in [2.24, 2.45) is 0 Å². The lowest BCUT2D eigenvalue weighted by molar-refractivity contribution is -0.140. The molecule has 5 nitrogen and oxygen atoms in total. The highest BCUT2D eigenvalue weighted by atomic mass is 79.9. The Balaban J connectivity index is 2.89. The lowest BCUT2D eigenvalue weighted by Crippen LogP contribution is -2.17. The number of rotatable bonds is 6. The molecule has 0 aliphatic rings. The van der Waals surface area contributed by atoms with Gasteiger partial charge in [0.25, 0.3) is 0 Å². The maximum absolute atomic E-state index is 11.8. The summed E-state index contributed by atoms with van der Waals surface area (Å²) in [7, 11) is 0. The molecule has 0 heterocycles. The topological polar surface area (TPSA) is 64.6 Å². The SMILES string of the molecule is CCOC(=O)/C=C(/Nc1ccc(Br)cc1)C(=O)OCC. The molecule has 1 aromatic rings. The number of anilines is 1. The van der Waals surface area contributed by atoms with Crippen LogP contribution < -0.4 is 5.32 Å². The van der Waals surface area contributed by atoms with Gasteiger partial charge in [-0.3, -0.25) is 0 Å². The Kier molecular flexibility index (Phi) is 6.79. The second-order valence-corrected chi connectivity index (χ2v) is 4.58. The minimum atomic E-state index is -0.608. The highest BCUT2D eigenvalue weighted by molar-refractivity contribution is 9.10. The van der Waals surface area contributed by atoms with Crippen molar-refractivity contribution in [2.45, 2.75) is 13.8 Å². The molecular formula is C14H16BrNO4. The van der Waals surface area contributed by atoms with Gasteiger partial charge in [-0.15, -0.1) is 0 Å². The molecule has 6 heteroatoms. The second kappa shape index (κ2) is 8.37. The molecule has 1 rings (SSSR count). The molecule has 0 saturated carbocycles. The molecule has 0 spiro atoms. The Morgan fingerprint density at radius 3 is 2.30 bits per heavy atom. The summed E-state index contributed by atoms with van der Waals surface area (Å²) in [6.45, 7) is 3.85. The number of carbonyl (C=O) groups is 2. The van der Waals surface area contributed by atoms with E-state index in [1.54, 1.807) is 26.0 Å². The first-order valence-electron chi connectivity index (χ1n) is 6.15. The van der Waals surface area contributed by atoms with Crippen molar-refractivity contribution < 1.29 is 19.1 Å². The lowest BCUT2D eigenvalue weighted by Gasteiger charge is -2.10. The van der Waals surface area contributed by atoms with Crippen LogP contribution in [0.4, 0.5) is 5.69 Å². The lowest BCUT2D eigenvalue weighted by atomic mass is 10.3. The van der Waals surface area contributed by atoms with Crippen molar-refractivity contribution >= 4 is 33.6 Å². The zero-order valence-electron chi connectivity index (χ0n) is 11.3. The van der Waals surface area contributed by atoms with Crippen molar-refractivity contribution in [2.75, 3.05) is 18.5 Å². The summed E-state index contributed by atoms with van der Waals surface area (Å²) in [5.41, 5.74) is 0.699. The molecule has 0 amide bonds. The van der Waals surface area contributed by atoms with Gasteiger partial charge in [-0.2, -0.15) is 0 Å². The predicted molar refractivity (Wildman–Crippen MR) is 79.1 cm³/mol. The predicted octanol–water partition coefficient (Wildman–Crippen LogP) is 2.87. The molecule has 0 aliphatic heterocycles. The van der Waals surface area contributed by atoms with E-state index in [9.17, 15) is 9.59 Å². The average molecular weight is 342 g/mol. The van der Waals surface area contributed by atoms with E-state index in [0.717, 1.165) is 10.5 Å². The van der Waals surface area contributed by atoms with E-state index < -0.39 is 11.9 Å². The van der Waals surface area contributed by atoms with Crippen molar-refractivity contribution in [3.05, 3.63) is 40.5 Å². The van der Waals surface area contributed by atoms with Gasteiger partial charge in [0.2, 0.25) is 0 Å². The van der Waals surface area contributed by atoms with Crippen LogP contribution in [0, 0.1) is 0 Å². The third-order valence-corrected chi connectivity index (χ3v) is 2.70. The molecule has 20 heavy (non-hydrogen) atoms. The summed E-state index contributed by atoms with van der Waals surface area (Å²) in [5, 5.41) is 2.85. The quantitative estimate of drug-likeness (QED) is 0.636. The summed E-state index contributed by atoms with van der Waals surface area (Å²) in [5.74, 6) is -1.20.